The number of hydrogen-bond donors (Lipinski definition) is 1. The molecule has 1 aliphatic heterocycles. The van der Waals surface area contributed by atoms with Crippen molar-refractivity contribution in [3.05, 3.63) is 89.8 Å². The van der Waals surface area contributed by atoms with E-state index in [0.29, 0.717) is 19.0 Å². The number of unbranched alkanes of at least 4 members (excludes halogenated alkanes) is 1. The Balaban J connectivity index is 1.26. The molecule has 3 heterocycles. The molecular formula is C42H54N6O3S. The average Bonchev–Trinajstić information content (AvgIpc) is 3.72. The second-order valence-corrected chi connectivity index (χ2v) is 15.4. The summed E-state index contributed by atoms with van der Waals surface area (Å²) in [4.78, 5) is 18.7. The van der Waals surface area contributed by atoms with Crippen LogP contribution in [0.3, 0.4) is 0 Å². The van der Waals surface area contributed by atoms with Crippen molar-refractivity contribution in [3.8, 4) is 16.9 Å². The highest BCUT2D eigenvalue weighted by Gasteiger charge is 2.19. The molecule has 1 aliphatic rings. The lowest BCUT2D eigenvalue weighted by Gasteiger charge is -2.30. The van der Waals surface area contributed by atoms with Crippen LogP contribution in [-0.4, -0.2) is 82.2 Å². The van der Waals surface area contributed by atoms with Crippen LogP contribution >= 0.6 is 0 Å². The van der Waals surface area contributed by atoms with Crippen LogP contribution in [0.2, 0.25) is 0 Å². The van der Waals surface area contributed by atoms with Gasteiger partial charge in [-0.05, 0) is 118 Å². The molecule has 2 aromatic heterocycles. The average molecular weight is 723 g/mol. The fourth-order valence-electron chi connectivity index (χ4n) is 6.65. The first-order valence-electron chi connectivity index (χ1n) is 18.8. The van der Waals surface area contributed by atoms with Crippen molar-refractivity contribution in [1.29, 1.82) is 0 Å². The number of aromatic amines is 1. The second kappa shape index (κ2) is 18.0. The molecule has 0 spiro atoms. The van der Waals surface area contributed by atoms with Crippen molar-refractivity contribution in [2.45, 2.75) is 70.1 Å². The highest BCUT2D eigenvalue weighted by atomic mass is 32.2. The lowest BCUT2D eigenvalue weighted by Crippen LogP contribution is -2.33. The number of H-pyrrole nitrogens is 1. The topological polar surface area (TPSA) is 88.5 Å². The van der Waals surface area contributed by atoms with Crippen LogP contribution < -0.4 is 9.64 Å². The predicted octanol–water partition coefficient (Wildman–Crippen LogP) is 8.35. The minimum Gasteiger partial charge on any atom is -0.491 e. The number of aromatic nitrogens is 4. The summed E-state index contributed by atoms with van der Waals surface area (Å²) in [5.41, 5.74) is 9.64. The molecule has 5 aromatic rings. The first-order valence-corrected chi connectivity index (χ1v) is 20.1. The molecule has 0 unspecified atom stereocenters. The van der Waals surface area contributed by atoms with Crippen LogP contribution in [-0.2, 0) is 27.8 Å². The summed E-state index contributed by atoms with van der Waals surface area (Å²) in [6, 6.07) is 21.1. The first-order chi connectivity index (χ1) is 25.3. The van der Waals surface area contributed by atoms with Crippen LogP contribution in [0.15, 0.2) is 71.9 Å². The smallest absolute Gasteiger partial charge is 0.134 e. The van der Waals surface area contributed by atoms with Crippen molar-refractivity contribution in [3.63, 3.8) is 0 Å². The number of rotatable bonds is 17. The molecule has 9 nitrogen and oxygen atoms in total. The van der Waals surface area contributed by atoms with Crippen LogP contribution in [0, 0.1) is 6.92 Å². The second-order valence-electron chi connectivity index (χ2n) is 13.9. The minimum atomic E-state index is -1.20. The number of fused-ring (bicyclic) bond motifs is 2. The molecule has 0 bridgehead atoms. The van der Waals surface area contributed by atoms with Gasteiger partial charge in [-0.1, -0.05) is 38.5 Å². The van der Waals surface area contributed by atoms with Gasteiger partial charge in [0.15, 0.2) is 0 Å². The highest BCUT2D eigenvalue weighted by molar-refractivity contribution is 7.84. The van der Waals surface area contributed by atoms with E-state index in [1.165, 1.54) is 16.8 Å². The van der Waals surface area contributed by atoms with Crippen molar-refractivity contribution >= 4 is 39.2 Å². The number of nitrogens with one attached hydrogen (secondary N) is 1. The Morgan fingerprint density at radius 1 is 0.942 bits per heavy atom. The molecule has 0 amide bonds. The summed E-state index contributed by atoms with van der Waals surface area (Å²) >= 11 is 0. The normalized spacial score (nSPS) is 15.0. The molecule has 52 heavy (non-hydrogen) atoms. The van der Waals surface area contributed by atoms with Crippen LogP contribution in [0.4, 0.5) is 5.69 Å². The maximum absolute atomic E-state index is 13.6. The van der Waals surface area contributed by atoms with E-state index < -0.39 is 10.8 Å². The Kier molecular flexibility index (Phi) is 13.0. The molecule has 0 saturated heterocycles. The molecule has 0 saturated carbocycles. The number of aryl methyl sites for hydroxylation is 2. The number of allylic oxidation sites excluding steroid dienone is 1. The molecule has 1 atom stereocenters. The lowest BCUT2D eigenvalue weighted by molar-refractivity contribution is 0.0981. The van der Waals surface area contributed by atoms with Crippen molar-refractivity contribution in [1.82, 2.24) is 24.4 Å². The molecule has 6 rings (SSSR count). The van der Waals surface area contributed by atoms with Crippen LogP contribution in [0.5, 0.6) is 5.75 Å². The Morgan fingerprint density at radius 3 is 2.56 bits per heavy atom. The SMILES string of the molecule is CCCCOCCOc1ccc(-c2ccc3c(c2)/C=C(/c2nc4ccc([S@@](=O)Cc5c(C)ncn5CCC)cc4[nH]2)CCCN3CCN(C)C)cc1. The van der Waals surface area contributed by atoms with Crippen molar-refractivity contribution in [2.75, 3.05) is 58.5 Å². The third-order valence-corrected chi connectivity index (χ3v) is 10.9. The number of likely N-dealkylation sites (N-methyl/N-ethyl adjacent to an activating group) is 1. The third-order valence-electron chi connectivity index (χ3n) is 9.62. The Morgan fingerprint density at radius 2 is 1.77 bits per heavy atom. The van der Waals surface area contributed by atoms with Gasteiger partial charge < -0.3 is 28.8 Å². The molecule has 0 aliphatic carbocycles. The molecule has 276 valence electrons. The minimum absolute atomic E-state index is 0.441. The Hall–Kier alpha value is -4.25. The standard InChI is InChI=1S/C42H54N6O3S/c1-6-8-23-50-24-25-51-36-14-11-32(12-15-36)33-13-18-40-35(26-33)27-34(10-9-20-47(40)22-21-46(4)5)42-44-38-17-16-37(28-39(38)45-42)52(49)29-41-31(3)43-30-48(41)19-7-2/h11-18,26-28,30H,6-10,19-25,29H2,1-5H3,(H,44,45)/b34-27+/t52-/m0/s1. The molecule has 0 radical (unpaired) electrons. The quantitative estimate of drug-likeness (QED) is 0.0966. The summed E-state index contributed by atoms with van der Waals surface area (Å²) in [7, 11) is 3.05. The van der Waals surface area contributed by atoms with E-state index in [-0.39, 0.29) is 0 Å². The van der Waals surface area contributed by atoms with E-state index >= 15 is 0 Å². The zero-order valence-corrected chi connectivity index (χ0v) is 32.3. The van der Waals surface area contributed by atoms with Gasteiger partial charge in [-0.2, -0.15) is 0 Å². The van der Waals surface area contributed by atoms with E-state index in [9.17, 15) is 4.21 Å². The predicted molar refractivity (Wildman–Crippen MR) is 214 cm³/mol. The van der Waals surface area contributed by atoms with E-state index in [1.54, 1.807) is 0 Å². The van der Waals surface area contributed by atoms with Gasteiger partial charge in [0.25, 0.3) is 0 Å². The maximum atomic E-state index is 13.6. The monoisotopic (exact) mass is 722 g/mol. The zero-order valence-electron chi connectivity index (χ0n) is 31.5. The van der Waals surface area contributed by atoms with Crippen molar-refractivity contribution in [2.24, 2.45) is 0 Å². The summed E-state index contributed by atoms with van der Waals surface area (Å²) in [5, 5.41) is 0. The van der Waals surface area contributed by atoms with Gasteiger partial charge in [0.1, 0.15) is 18.2 Å². The molecule has 3 aromatic carbocycles. The van der Waals surface area contributed by atoms with Gasteiger partial charge in [-0.3, -0.25) is 4.21 Å². The van der Waals surface area contributed by atoms with E-state index in [1.807, 2.05) is 43.6 Å². The molecule has 0 fully saturated rings. The van der Waals surface area contributed by atoms with Gasteiger partial charge in [0.2, 0.25) is 0 Å². The zero-order chi connectivity index (χ0) is 36.5. The van der Waals surface area contributed by atoms with Crippen molar-refractivity contribution < 1.29 is 13.7 Å². The number of imidazole rings is 2. The van der Waals surface area contributed by atoms with Gasteiger partial charge >= 0.3 is 0 Å². The summed E-state index contributed by atoms with van der Waals surface area (Å²) in [5.74, 6) is 2.16. The summed E-state index contributed by atoms with van der Waals surface area (Å²) in [6.07, 6.45) is 9.31. The Bertz CT molecular complexity index is 1980. The van der Waals surface area contributed by atoms with Gasteiger partial charge in [-0.15, -0.1) is 0 Å². The highest BCUT2D eigenvalue weighted by Crippen LogP contribution is 2.35. The molecule has 1 N–H and O–H groups in total. The van der Waals surface area contributed by atoms with E-state index in [4.69, 9.17) is 14.5 Å². The number of hydrogen-bond acceptors (Lipinski definition) is 7. The van der Waals surface area contributed by atoms with E-state index in [0.717, 1.165) is 115 Å². The summed E-state index contributed by atoms with van der Waals surface area (Å²) < 4.78 is 27.3. The van der Waals surface area contributed by atoms with Gasteiger partial charge in [-0.25, -0.2) is 9.97 Å². The number of benzene rings is 3. The largest absolute Gasteiger partial charge is 0.491 e. The number of ether oxygens (including phenoxy) is 2. The Labute approximate surface area is 311 Å². The van der Waals surface area contributed by atoms with Crippen LogP contribution in [0.25, 0.3) is 33.8 Å². The fourth-order valence-corrected chi connectivity index (χ4v) is 7.91. The fraction of sp³-hybridized carbons (Fsp3) is 0.429. The number of anilines is 1. The summed E-state index contributed by atoms with van der Waals surface area (Å²) in [6.45, 7) is 12.0. The van der Waals surface area contributed by atoms with Gasteiger partial charge in [0, 0.05) is 43.4 Å². The first kappa shape index (κ1) is 37.5. The lowest BCUT2D eigenvalue weighted by atomic mass is 9.96. The molecule has 10 heteroatoms. The van der Waals surface area contributed by atoms with E-state index in [2.05, 4.69) is 88.7 Å². The molecular weight excluding hydrogens is 669 g/mol. The maximum Gasteiger partial charge on any atom is 0.134 e. The number of nitrogens with zero attached hydrogens (tertiary/aromatic N) is 5. The third kappa shape index (κ3) is 9.40. The van der Waals surface area contributed by atoms with Crippen LogP contribution in [0.1, 0.15) is 68.7 Å². The van der Waals surface area contributed by atoms with Gasteiger partial charge in [0.05, 0.1) is 51.9 Å².